The van der Waals surface area contributed by atoms with E-state index in [2.05, 4.69) is 0 Å². The van der Waals surface area contributed by atoms with Gasteiger partial charge in [-0.15, -0.1) is 0 Å². The lowest BCUT2D eigenvalue weighted by Crippen LogP contribution is -2.27. The lowest BCUT2D eigenvalue weighted by Gasteiger charge is -2.15. The van der Waals surface area contributed by atoms with Crippen molar-refractivity contribution in [2.24, 2.45) is 5.73 Å². The molecule has 0 spiro atoms. The number of aryl methyl sites for hydroxylation is 1. The number of ether oxygens (including phenoxy) is 1. The Bertz CT molecular complexity index is 428. The Morgan fingerprint density at radius 2 is 2.06 bits per heavy atom. The van der Waals surface area contributed by atoms with Crippen molar-refractivity contribution >= 4 is 17.4 Å². The van der Waals surface area contributed by atoms with Crippen LogP contribution in [0.3, 0.4) is 0 Å². The third-order valence-corrected chi connectivity index (χ3v) is 3.11. The average molecular weight is 242 g/mol. The van der Waals surface area contributed by atoms with Crippen LogP contribution in [0.4, 0.5) is 0 Å². The smallest absolute Gasteiger partial charge is 0.183 e. The topological polar surface area (TPSA) is 52.3 Å². The Morgan fingerprint density at radius 3 is 2.50 bits per heavy atom. The van der Waals surface area contributed by atoms with Crippen LogP contribution < -0.4 is 10.5 Å². The molecular formula is C12H16ClNO2. The van der Waals surface area contributed by atoms with Gasteiger partial charge in [0.2, 0.25) is 0 Å². The van der Waals surface area contributed by atoms with Gasteiger partial charge in [-0.3, -0.25) is 4.79 Å². The minimum atomic E-state index is -0.564. The molecule has 0 fully saturated rings. The van der Waals surface area contributed by atoms with Crippen LogP contribution in [0.25, 0.3) is 0 Å². The molecule has 0 heterocycles. The molecule has 0 aromatic heterocycles. The highest BCUT2D eigenvalue weighted by molar-refractivity contribution is 6.32. The Balaban J connectivity index is 3.47. The highest BCUT2D eigenvalue weighted by Gasteiger charge is 2.21. The molecule has 3 nitrogen and oxygen atoms in total. The fourth-order valence-electron chi connectivity index (χ4n) is 1.62. The van der Waals surface area contributed by atoms with E-state index < -0.39 is 6.04 Å². The first-order valence-electron chi connectivity index (χ1n) is 5.03. The van der Waals surface area contributed by atoms with Crippen LogP contribution in [0, 0.1) is 13.8 Å². The molecule has 1 unspecified atom stereocenters. The zero-order valence-corrected chi connectivity index (χ0v) is 10.7. The molecule has 1 aromatic rings. The van der Waals surface area contributed by atoms with E-state index >= 15 is 0 Å². The molecule has 0 bridgehead atoms. The van der Waals surface area contributed by atoms with Gasteiger partial charge >= 0.3 is 0 Å². The van der Waals surface area contributed by atoms with Gasteiger partial charge in [-0.2, -0.15) is 0 Å². The highest BCUT2D eigenvalue weighted by Crippen LogP contribution is 2.32. The first-order valence-corrected chi connectivity index (χ1v) is 5.41. The second-order valence-corrected chi connectivity index (χ2v) is 4.24. The molecule has 4 heteroatoms. The number of hydrogen-bond acceptors (Lipinski definition) is 3. The van der Waals surface area contributed by atoms with Crippen LogP contribution in [0.1, 0.15) is 28.4 Å². The van der Waals surface area contributed by atoms with Crippen LogP contribution >= 0.6 is 11.6 Å². The molecular weight excluding hydrogens is 226 g/mol. The van der Waals surface area contributed by atoms with Crippen molar-refractivity contribution in [1.82, 2.24) is 0 Å². The summed E-state index contributed by atoms with van der Waals surface area (Å²) in [6.45, 7) is 5.32. The van der Waals surface area contributed by atoms with Crippen molar-refractivity contribution in [1.29, 1.82) is 0 Å². The number of benzene rings is 1. The summed E-state index contributed by atoms with van der Waals surface area (Å²) in [4.78, 5) is 11.9. The first kappa shape index (κ1) is 13.0. The van der Waals surface area contributed by atoms with Crippen LogP contribution in [-0.4, -0.2) is 18.9 Å². The molecule has 1 aromatic carbocycles. The maximum Gasteiger partial charge on any atom is 0.183 e. The Labute approximate surface area is 101 Å². The molecule has 0 amide bonds. The minimum absolute atomic E-state index is 0.156. The number of hydrogen-bond donors (Lipinski definition) is 1. The number of ketones is 1. The quantitative estimate of drug-likeness (QED) is 0.828. The fraction of sp³-hybridized carbons (Fsp3) is 0.417. The summed E-state index contributed by atoms with van der Waals surface area (Å²) in [7, 11) is 1.53. The molecule has 88 valence electrons. The summed E-state index contributed by atoms with van der Waals surface area (Å²) in [6, 6.07) is 1.19. The van der Waals surface area contributed by atoms with Gasteiger partial charge in [-0.05, 0) is 38.0 Å². The molecule has 1 rings (SSSR count). The van der Waals surface area contributed by atoms with Gasteiger partial charge in [0.1, 0.15) is 5.75 Å². The largest absolute Gasteiger partial charge is 0.496 e. The van der Waals surface area contributed by atoms with Crippen molar-refractivity contribution in [3.63, 3.8) is 0 Å². The van der Waals surface area contributed by atoms with Crippen LogP contribution in [0.5, 0.6) is 5.75 Å². The van der Waals surface area contributed by atoms with Crippen LogP contribution in [0.2, 0.25) is 5.02 Å². The van der Waals surface area contributed by atoms with E-state index in [9.17, 15) is 4.79 Å². The van der Waals surface area contributed by atoms with E-state index in [1.54, 1.807) is 19.9 Å². The molecule has 1 atom stereocenters. The lowest BCUT2D eigenvalue weighted by molar-refractivity contribution is 0.0964. The van der Waals surface area contributed by atoms with Gasteiger partial charge in [0, 0.05) is 5.02 Å². The maximum absolute atomic E-state index is 11.9. The normalized spacial score (nSPS) is 12.4. The molecule has 0 aliphatic carbocycles. The molecule has 0 saturated carbocycles. The predicted octanol–water partition coefficient (Wildman–Crippen LogP) is 2.50. The van der Waals surface area contributed by atoms with Crippen molar-refractivity contribution in [3.8, 4) is 5.75 Å². The minimum Gasteiger partial charge on any atom is -0.496 e. The van der Waals surface area contributed by atoms with Gasteiger partial charge in [0.15, 0.2) is 5.78 Å². The summed E-state index contributed by atoms with van der Waals surface area (Å²) in [5, 5.41) is 0.588. The number of methoxy groups -OCH3 is 1. The van der Waals surface area contributed by atoms with E-state index in [0.717, 1.165) is 11.1 Å². The second-order valence-electron chi connectivity index (χ2n) is 3.86. The number of carbonyl (C=O) groups excluding carboxylic acids is 1. The van der Waals surface area contributed by atoms with Gasteiger partial charge in [0.25, 0.3) is 0 Å². The third kappa shape index (κ3) is 2.20. The monoisotopic (exact) mass is 241 g/mol. The molecule has 0 saturated heterocycles. The van der Waals surface area contributed by atoms with Gasteiger partial charge < -0.3 is 10.5 Å². The zero-order chi connectivity index (χ0) is 12.5. The summed E-state index contributed by atoms with van der Waals surface area (Å²) >= 11 is 6.11. The summed E-state index contributed by atoms with van der Waals surface area (Å²) in [6.07, 6.45) is 0. The molecule has 0 aliphatic heterocycles. The van der Waals surface area contributed by atoms with E-state index in [1.807, 2.05) is 6.92 Å². The number of Topliss-reactive ketones (excluding diaryl/α,β-unsaturated/α-hetero) is 1. The summed E-state index contributed by atoms with van der Waals surface area (Å²) in [5.41, 5.74) is 7.69. The number of halogens is 1. The Kier molecular flexibility index (Phi) is 3.94. The van der Waals surface area contributed by atoms with Gasteiger partial charge in [0.05, 0.1) is 18.7 Å². The van der Waals surface area contributed by atoms with Crippen molar-refractivity contribution in [3.05, 3.63) is 27.8 Å². The second kappa shape index (κ2) is 4.85. The van der Waals surface area contributed by atoms with E-state index in [-0.39, 0.29) is 5.78 Å². The van der Waals surface area contributed by atoms with Gasteiger partial charge in [-0.25, -0.2) is 0 Å². The molecule has 16 heavy (non-hydrogen) atoms. The van der Waals surface area contributed by atoms with Crippen LogP contribution in [0.15, 0.2) is 6.07 Å². The SMILES string of the molecule is COc1cc(C)c(Cl)c(C)c1C(=O)C(C)N. The average Bonchev–Trinajstić information content (AvgIpc) is 2.24. The Hall–Kier alpha value is -1.06. The third-order valence-electron chi connectivity index (χ3n) is 2.52. The van der Waals surface area contributed by atoms with E-state index in [1.165, 1.54) is 7.11 Å². The number of nitrogens with two attached hydrogens (primary N) is 1. The number of carbonyl (C=O) groups is 1. The highest BCUT2D eigenvalue weighted by atomic mass is 35.5. The predicted molar refractivity (Wildman–Crippen MR) is 65.5 cm³/mol. The zero-order valence-electron chi connectivity index (χ0n) is 9.93. The van der Waals surface area contributed by atoms with Crippen LogP contribution in [-0.2, 0) is 0 Å². The summed E-state index contributed by atoms with van der Waals surface area (Å²) in [5.74, 6) is 0.373. The van der Waals surface area contributed by atoms with Crippen molar-refractivity contribution in [2.75, 3.05) is 7.11 Å². The van der Waals surface area contributed by atoms with E-state index in [0.29, 0.717) is 16.3 Å². The number of rotatable bonds is 3. The van der Waals surface area contributed by atoms with E-state index in [4.69, 9.17) is 22.1 Å². The molecule has 2 N–H and O–H groups in total. The van der Waals surface area contributed by atoms with Crippen molar-refractivity contribution in [2.45, 2.75) is 26.8 Å². The maximum atomic E-state index is 11.9. The Morgan fingerprint density at radius 1 is 1.50 bits per heavy atom. The molecule has 0 aliphatic rings. The fourth-order valence-corrected chi connectivity index (χ4v) is 1.77. The lowest BCUT2D eigenvalue weighted by atomic mass is 9.97. The first-order chi connectivity index (χ1) is 7.40. The summed E-state index contributed by atoms with van der Waals surface area (Å²) < 4.78 is 5.20. The standard InChI is InChI=1S/C12H16ClNO2/c1-6-5-9(16-4)10(7(2)11(6)13)12(15)8(3)14/h5,8H,14H2,1-4H3. The van der Waals surface area contributed by atoms with Gasteiger partial charge in [-0.1, -0.05) is 11.6 Å². The molecule has 0 radical (unpaired) electrons. The van der Waals surface area contributed by atoms with Crippen molar-refractivity contribution < 1.29 is 9.53 Å².